The maximum absolute atomic E-state index is 5.90. The first-order valence-electron chi connectivity index (χ1n) is 7.24. The number of ether oxygens (including phenoxy) is 1. The summed E-state index contributed by atoms with van der Waals surface area (Å²) in [4.78, 5) is 6.85. The molecule has 1 aromatic heterocycles. The smallest absolute Gasteiger partial charge is 0.209 e. The predicted octanol–water partition coefficient (Wildman–Crippen LogP) is 2.41. The summed E-state index contributed by atoms with van der Waals surface area (Å²) in [7, 11) is 0. The minimum atomic E-state index is 0.413. The van der Waals surface area contributed by atoms with E-state index in [1.165, 1.54) is 0 Å². The molecule has 0 radical (unpaired) electrons. The number of fused-ring (bicyclic) bond motifs is 1. The van der Waals surface area contributed by atoms with Gasteiger partial charge in [-0.05, 0) is 31.9 Å². The Kier molecular flexibility index (Phi) is 3.89. The highest BCUT2D eigenvalue weighted by Gasteiger charge is 2.21. The molecule has 0 atom stereocenters. The zero-order valence-electron chi connectivity index (χ0n) is 11.8. The van der Waals surface area contributed by atoms with Crippen LogP contribution in [0.5, 0.6) is 0 Å². The van der Waals surface area contributed by atoms with E-state index in [0.29, 0.717) is 11.8 Å². The Morgan fingerprint density at radius 3 is 2.90 bits per heavy atom. The molecule has 1 aliphatic rings. The zero-order chi connectivity index (χ0) is 13.9. The molecule has 3 rings (SSSR count). The van der Waals surface area contributed by atoms with Crippen LogP contribution in [0.15, 0.2) is 22.6 Å². The lowest BCUT2D eigenvalue weighted by Gasteiger charge is -2.30. The largest absolute Gasteiger partial charge is 0.439 e. The molecule has 1 aliphatic heterocycles. The molecule has 0 unspecified atom stereocenters. The normalized spacial score (nSPS) is 17.9. The van der Waals surface area contributed by atoms with E-state index in [1.54, 1.807) is 0 Å². The van der Waals surface area contributed by atoms with Crippen LogP contribution < -0.4 is 5.73 Å². The monoisotopic (exact) mass is 275 g/mol. The maximum Gasteiger partial charge on any atom is 0.209 e. The van der Waals surface area contributed by atoms with Gasteiger partial charge < -0.3 is 14.9 Å². The first-order chi connectivity index (χ1) is 9.76. The number of oxazole rings is 1. The average molecular weight is 275 g/mol. The van der Waals surface area contributed by atoms with Crippen LogP contribution in [0.3, 0.4) is 0 Å². The van der Waals surface area contributed by atoms with Crippen molar-refractivity contribution in [3.63, 3.8) is 0 Å². The molecule has 108 valence electrons. The van der Waals surface area contributed by atoms with Crippen LogP contribution in [-0.2, 0) is 11.3 Å². The van der Waals surface area contributed by atoms with Gasteiger partial charge in [0.05, 0.1) is 18.3 Å². The molecular formula is C15H21N3O2. The number of para-hydroxylation sites is 1. The Hall–Kier alpha value is -1.59. The van der Waals surface area contributed by atoms with Crippen LogP contribution in [0.1, 0.15) is 25.7 Å². The van der Waals surface area contributed by atoms with Crippen LogP contribution >= 0.6 is 0 Å². The van der Waals surface area contributed by atoms with Crippen molar-refractivity contribution < 1.29 is 9.15 Å². The van der Waals surface area contributed by atoms with Gasteiger partial charge in [0.2, 0.25) is 5.89 Å². The molecule has 0 aliphatic carbocycles. The molecule has 5 heteroatoms. The van der Waals surface area contributed by atoms with Crippen molar-refractivity contribution in [2.24, 2.45) is 0 Å². The number of likely N-dealkylation sites (tertiary alicyclic amines) is 1. The quantitative estimate of drug-likeness (QED) is 0.868. The Morgan fingerprint density at radius 1 is 1.40 bits per heavy atom. The van der Waals surface area contributed by atoms with E-state index >= 15 is 0 Å². The van der Waals surface area contributed by atoms with E-state index in [2.05, 4.69) is 16.8 Å². The minimum absolute atomic E-state index is 0.413. The van der Waals surface area contributed by atoms with Crippen molar-refractivity contribution in [1.82, 2.24) is 9.88 Å². The lowest BCUT2D eigenvalue weighted by Crippen LogP contribution is -2.36. The second-order valence-electron chi connectivity index (χ2n) is 5.23. The summed E-state index contributed by atoms with van der Waals surface area (Å²) in [5.74, 6) is 0.743. The number of piperidine rings is 1. The van der Waals surface area contributed by atoms with Crippen LogP contribution in [-0.4, -0.2) is 35.7 Å². The third-order valence-electron chi connectivity index (χ3n) is 3.79. The SMILES string of the molecule is CCOC1CCN(Cc2nc3c(N)cccc3o2)CC1. The maximum atomic E-state index is 5.90. The highest BCUT2D eigenvalue weighted by Crippen LogP contribution is 2.23. The Balaban J connectivity index is 1.64. The van der Waals surface area contributed by atoms with E-state index in [9.17, 15) is 0 Å². The third kappa shape index (κ3) is 2.78. The van der Waals surface area contributed by atoms with E-state index in [-0.39, 0.29) is 0 Å². The molecule has 1 aromatic carbocycles. The number of rotatable bonds is 4. The van der Waals surface area contributed by atoms with Gasteiger partial charge in [0.15, 0.2) is 5.58 Å². The van der Waals surface area contributed by atoms with Gasteiger partial charge in [-0.3, -0.25) is 4.90 Å². The van der Waals surface area contributed by atoms with E-state index in [1.807, 2.05) is 18.2 Å². The lowest BCUT2D eigenvalue weighted by molar-refractivity contribution is 0.0109. The van der Waals surface area contributed by atoms with Crippen molar-refractivity contribution in [1.29, 1.82) is 0 Å². The fourth-order valence-electron chi connectivity index (χ4n) is 2.74. The lowest BCUT2D eigenvalue weighted by atomic mass is 10.1. The number of nitrogens with two attached hydrogens (primary N) is 1. The topological polar surface area (TPSA) is 64.5 Å². The van der Waals surface area contributed by atoms with Gasteiger partial charge in [0, 0.05) is 19.7 Å². The highest BCUT2D eigenvalue weighted by molar-refractivity contribution is 5.85. The molecular weight excluding hydrogens is 254 g/mol. The number of nitrogen functional groups attached to an aromatic ring is 1. The average Bonchev–Trinajstić information content (AvgIpc) is 2.85. The molecule has 1 fully saturated rings. The molecule has 2 heterocycles. The predicted molar refractivity (Wildman–Crippen MR) is 78.3 cm³/mol. The van der Waals surface area contributed by atoms with Gasteiger partial charge >= 0.3 is 0 Å². The van der Waals surface area contributed by atoms with E-state index in [0.717, 1.165) is 56.1 Å². The highest BCUT2D eigenvalue weighted by atomic mass is 16.5. The molecule has 2 aromatic rings. The van der Waals surface area contributed by atoms with Gasteiger partial charge in [-0.2, -0.15) is 0 Å². The number of benzene rings is 1. The van der Waals surface area contributed by atoms with Crippen molar-refractivity contribution in [2.45, 2.75) is 32.4 Å². The summed E-state index contributed by atoms with van der Waals surface area (Å²) >= 11 is 0. The summed E-state index contributed by atoms with van der Waals surface area (Å²) in [6.07, 6.45) is 2.57. The zero-order valence-corrected chi connectivity index (χ0v) is 11.8. The summed E-state index contributed by atoms with van der Waals surface area (Å²) in [6.45, 7) is 5.65. The Labute approximate surface area is 118 Å². The Morgan fingerprint density at radius 2 is 2.20 bits per heavy atom. The second-order valence-corrected chi connectivity index (χ2v) is 5.23. The number of hydrogen-bond acceptors (Lipinski definition) is 5. The number of nitrogens with zero attached hydrogens (tertiary/aromatic N) is 2. The van der Waals surface area contributed by atoms with E-state index < -0.39 is 0 Å². The van der Waals surface area contributed by atoms with Crippen molar-refractivity contribution >= 4 is 16.8 Å². The number of anilines is 1. The molecule has 5 nitrogen and oxygen atoms in total. The van der Waals surface area contributed by atoms with Gasteiger partial charge in [-0.15, -0.1) is 0 Å². The minimum Gasteiger partial charge on any atom is -0.439 e. The van der Waals surface area contributed by atoms with Crippen LogP contribution in [0.4, 0.5) is 5.69 Å². The van der Waals surface area contributed by atoms with Crippen LogP contribution in [0, 0.1) is 0 Å². The number of aromatic nitrogens is 1. The molecule has 0 spiro atoms. The van der Waals surface area contributed by atoms with Crippen molar-refractivity contribution in [2.75, 3.05) is 25.4 Å². The summed E-state index contributed by atoms with van der Waals surface area (Å²) in [6, 6.07) is 5.64. The first-order valence-corrected chi connectivity index (χ1v) is 7.24. The van der Waals surface area contributed by atoms with Crippen molar-refractivity contribution in [3.8, 4) is 0 Å². The summed E-state index contributed by atoms with van der Waals surface area (Å²) in [5.41, 5.74) is 8.11. The molecule has 0 bridgehead atoms. The molecule has 0 amide bonds. The van der Waals surface area contributed by atoms with E-state index in [4.69, 9.17) is 14.9 Å². The first kappa shape index (κ1) is 13.4. The van der Waals surface area contributed by atoms with Gasteiger partial charge in [0.1, 0.15) is 5.52 Å². The van der Waals surface area contributed by atoms with Crippen molar-refractivity contribution in [3.05, 3.63) is 24.1 Å². The van der Waals surface area contributed by atoms with Crippen LogP contribution in [0.2, 0.25) is 0 Å². The fraction of sp³-hybridized carbons (Fsp3) is 0.533. The molecule has 2 N–H and O–H groups in total. The fourth-order valence-corrected chi connectivity index (χ4v) is 2.74. The van der Waals surface area contributed by atoms with Gasteiger partial charge in [-0.1, -0.05) is 6.07 Å². The number of hydrogen-bond donors (Lipinski definition) is 1. The van der Waals surface area contributed by atoms with Gasteiger partial charge in [0.25, 0.3) is 0 Å². The van der Waals surface area contributed by atoms with Gasteiger partial charge in [-0.25, -0.2) is 4.98 Å². The second kappa shape index (κ2) is 5.81. The third-order valence-corrected chi connectivity index (χ3v) is 3.79. The molecule has 20 heavy (non-hydrogen) atoms. The molecule has 1 saturated heterocycles. The molecule has 0 saturated carbocycles. The Bertz CT molecular complexity index is 574. The summed E-state index contributed by atoms with van der Waals surface area (Å²) < 4.78 is 11.4. The standard InChI is InChI=1S/C15H21N3O2/c1-2-19-11-6-8-18(9-7-11)10-14-17-15-12(16)4-3-5-13(15)20-14/h3-5,11H,2,6-10,16H2,1H3. The van der Waals surface area contributed by atoms with Crippen LogP contribution in [0.25, 0.3) is 11.1 Å². The summed E-state index contributed by atoms with van der Waals surface area (Å²) in [5, 5.41) is 0.